The van der Waals surface area contributed by atoms with Gasteiger partial charge in [-0.3, -0.25) is 4.79 Å². The van der Waals surface area contributed by atoms with Crippen molar-refractivity contribution < 1.29 is 9.53 Å². The average molecular weight is 326 g/mol. The van der Waals surface area contributed by atoms with E-state index in [2.05, 4.69) is 45.5 Å². The highest BCUT2D eigenvalue weighted by molar-refractivity contribution is 9.10. The van der Waals surface area contributed by atoms with Crippen LogP contribution in [0.15, 0.2) is 28.7 Å². The van der Waals surface area contributed by atoms with Gasteiger partial charge in [0.2, 0.25) is 0 Å². The van der Waals surface area contributed by atoms with Gasteiger partial charge in [-0.15, -0.1) is 0 Å². The van der Waals surface area contributed by atoms with E-state index in [1.165, 1.54) is 12.7 Å². The highest BCUT2D eigenvalue weighted by Crippen LogP contribution is 2.41. The molecule has 104 valence electrons. The molecule has 1 fully saturated rings. The Labute approximate surface area is 122 Å². The second-order valence-electron chi connectivity index (χ2n) is 5.18. The first-order valence-corrected chi connectivity index (χ1v) is 7.49. The molecule has 4 heteroatoms. The maximum absolute atomic E-state index is 11.8. The molecule has 0 bridgehead atoms. The predicted molar refractivity (Wildman–Crippen MR) is 79.0 cm³/mol. The van der Waals surface area contributed by atoms with E-state index in [1.807, 2.05) is 0 Å². The monoisotopic (exact) mass is 325 g/mol. The molecular weight excluding hydrogens is 306 g/mol. The lowest BCUT2D eigenvalue weighted by atomic mass is 9.68. The van der Waals surface area contributed by atoms with Gasteiger partial charge in [-0.2, -0.15) is 0 Å². The van der Waals surface area contributed by atoms with Gasteiger partial charge in [0.15, 0.2) is 0 Å². The van der Waals surface area contributed by atoms with Crippen LogP contribution in [0.4, 0.5) is 0 Å². The molecule has 1 aliphatic rings. The molecule has 0 amide bonds. The molecule has 0 saturated heterocycles. The van der Waals surface area contributed by atoms with Crippen LogP contribution in [0, 0.1) is 5.41 Å². The summed E-state index contributed by atoms with van der Waals surface area (Å²) in [6.07, 6.45) is 4.00. The van der Waals surface area contributed by atoms with Gasteiger partial charge < -0.3 is 10.1 Å². The van der Waals surface area contributed by atoms with E-state index in [9.17, 15) is 4.79 Å². The lowest BCUT2D eigenvalue weighted by Crippen LogP contribution is -2.47. The van der Waals surface area contributed by atoms with Crippen molar-refractivity contribution in [1.82, 2.24) is 5.32 Å². The van der Waals surface area contributed by atoms with E-state index in [0.717, 1.165) is 43.2 Å². The summed E-state index contributed by atoms with van der Waals surface area (Å²) in [4.78, 5) is 11.8. The first-order chi connectivity index (χ1) is 9.16. The molecule has 3 nitrogen and oxygen atoms in total. The van der Waals surface area contributed by atoms with Gasteiger partial charge in [-0.25, -0.2) is 0 Å². The number of carbonyl (C=O) groups is 1. The van der Waals surface area contributed by atoms with Crippen LogP contribution in [0.5, 0.6) is 0 Å². The second-order valence-corrected chi connectivity index (χ2v) is 6.09. The SMILES string of the molecule is COC(=O)C1(CNCCc2ccc(Br)cc2)CCC1. The minimum Gasteiger partial charge on any atom is -0.469 e. The summed E-state index contributed by atoms with van der Waals surface area (Å²) in [6.45, 7) is 1.62. The van der Waals surface area contributed by atoms with Crippen LogP contribution in [0.25, 0.3) is 0 Å². The Hall–Kier alpha value is -0.870. The molecule has 0 aromatic heterocycles. The number of benzene rings is 1. The van der Waals surface area contributed by atoms with Gasteiger partial charge in [-0.05, 0) is 43.5 Å². The number of halogens is 1. The summed E-state index contributed by atoms with van der Waals surface area (Å²) >= 11 is 3.43. The van der Waals surface area contributed by atoms with E-state index < -0.39 is 0 Å². The third-order valence-corrected chi connectivity index (χ3v) is 4.42. The molecule has 1 saturated carbocycles. The molecule has 1 N–H and O–H groups in total. The Bertz CT molecular complexity index is 426. The summed E-state index contributed by atoms with van der Waals surface area (Å²) in [6, 6.07) is 8.34. The van der Waals surface area contributed by atoms with E-state index in [-0.39, 0.29) is 11.4 Å². The largest absolute Gasteiger partial charge is 0.469 e. The molecule has 1 aliphatic carbocycles. The van der Waals surface area contributed by atoms with Crippen molar-refractivity contribution in [3.63, 3.8) is 0 Å². The van der Waals surface area contributed by atoms with Gasteiger partial charge in [0, 0.05) is 11.0 Å². The zero-order chi connectivity index (χ0) is 13.7. The topological polar surface area (TPSA) is 38.3 Å². The molecule has 0 spiro atoms. The molecule has 0 radical (unpaired) electrons. The normalized spacial score (nSPS) is 16.7. The molecule has 1 aromatic rings. The van der Waals surface area contributed by atoms with Crippen molar-refractivity contribution in [1.29, 1.82) is 0 Å². The van der Waals surface area contributed by atoms with Crippen LogP contribution < -0.4 is 5.32 Å². The lowest BCUT2D eigenvalue weighted by Gasteiger charge is -2.39. The van der Waals surface area contributed by atoms with Gasteiger partial charge in [0.25, 0.3) is 0 Å². The van der Waals surface area contributed by atoms with E-state index in [0.29, 0.717) is 0 Å². The Morgan fingerprint density at radius 2 is 2.05 bits per heavy atom. The Balaban J connectivity index is 1.74. The number of methoxy groups -OCH3 is 1. The van der Waals surface area contributed by atoms with Crippen LogP contribution in [0.3, 0.4) is 0 Å². The number of hydrogen-bond acceptors (Lipinski definition) is 3. The summed E-state index contributed by atoms with van der Waals surface area (Å²) in [5, 5.41) is 3.39. The van der Waals surface area contributed by atoms with Crippen molar-refractivity contribution in [2.24, 2.45) is 5.41 Å². The molecule has 2 rings (SSSR count). The minimum atomic E-state index is -0.255. The highest BCUT2D eigenvalue weighted by atomic mass is 79.9. The van der Waals surface area contributed by atoms with Gasteiger partial charge >= 0.3 is 5.97 Å². The highest BCUT2D eigenvalue weighted by Gasteiger charge is 2.44. The van der Waals surface area contributed by atoms with Crippen LogP contribution in [-0.2, 0) is 16.0 Å². The van der Waals surface area contributed by atoms with Crippen molar-refractivity contribution in [3.05, 3.63) is 34.3 Å². The maximum Gasteiger partial charge on any atom is 0.313 e. The van der Waals surface area contributed by atoms with Gasteiger partial charge in [0.05, 0.1) is 12.5 Å². The molecule has 0 heterocycles. The second kappa shape index (κ2) is 6.53. The number of esters is 1. The minimum absolute atomic E-state index is 0.0603. The van der Waals surface area contributed by atoms with E-state index in [4.69, 9.17) is 4.74 Å². The van der Waals surface area contributed by atoms with Crippen molar-refractivity contribution in [2.45, 2.75) is 25.7 Å². The Morgan fingerprint density at radius 3 is 2.58 bits per heavy atom. The van der Waals surface area contributed by atoms with E-state index in [1.54, 1.807) is 0 Å². The summed E-state index contributed by atoms with van der Waals surface area (Å²) in [7, 11) is 1.48. The molecule has 0 atom stereocenters. The van der Waals surface area contributed by atoms with Crippen LogP contribution in [0.2, 0.25) is 0 Å². The van der Waals surface area contributed by atoms with Crippen LogP contribution in [0.1, 0.15) is 24.8 Å². The molecule has 19 heavy (non-hydrogen) atoms. The summed E-state index contributed by atoms with van der Waals surface area (Å²) in [5.74, 6) is -0.0603. The molecule has 1 aromatic carbocycles. The summed E-state index contributed by atoms with van der Waals surface area (Å²) in [5.41, 5.74) is 1.05. The first kappa shape index (κ1) is 14.5. The molecule has 0 aliphatic heterocycles. The number of hydrogen-bond donors (Lipinski definition) is 1. The third kappa shape index (κ3) is 3.57. The zero-order valence-electron chi connectivity index (χ0n) is 11.2. The first-order valence-electron chi connectivity index (χ1n) is 6.70. The van der Waals surface area contributed by atoms with Crippen molar-refractivity contribution in [2.75, 3.05) is 20.2 Å². The predicted octanol–water partition coefficient (Wildman–Crippen LogP) is 2.92. The number of nitrogens with one attached hydrogen (secondary N) is 1. The maximum atomic E-state index is 11.8. The zero-order valence-corrected chi connectivity index (χ0v) is 12.8. The van der Waals surface area contributed by atoms with Crippen LogP contribution >= 0.6 is 15.9 Å². The number of ether oxygens (including phenoxy) is 1. The standard InChI is InChI=1S/C15H20BrNO2/c1-19-14(18)15(8-2-9-15)11-17-10-7-12-3-5-13(16)6-4-12/h3-6,17H,2,7-11H2,1H3. The molecular formula is C15H20BrNO2. The van der Waals surface area contributed by atoms with Gasteiger partial charge in [0.1, 0.15) is 0 Å². The van der Waals surface area contributed by atoms with Crippen molar-refractivity contribution >= 4 is 21.9 Å². The fourth-order valence-electron chi connectivity index (χ4n) is 2.48. The smallest absolute Gasteiger partial charge is 0.313 e. The van der Waals surface area contributed by atoms with Crippen molar-refractivity contribution in [3.8, 4) is 0 Å². The molecule has 0 unspecified atom stereocenters. The van der Waals surface area contributed by atoms with Gasteiger partial charge in [-0.1, -0.05) is 34.5 Å². The lowest BCUT2D eigenvalue weighted by molar-refractivity contribution is -0.158. The van der Waals surface area contributed by atoms with E-state index >= 15 is 0 Å². The summed E-state index contributed by atoms with van der Waals surface area (Å²) < 4.78 is 6.00. The van der Waals surface area contributed by atoms with Crippen LogP contribution in [-0.4, -0.2) is 26.2 Å². The quantitative estimate of drug-likeness (QED) is 0.645. The fraction of sp³-hybridized carbons (Fsp3) is 0.533. The third-order valence-electron chi connectivity index (χ3n) is 3.90. The number of carbonyl (C=O) groups excluding carboxylic acids is 1. The fourth-order valence-corrected chi connectivity index (χ4v) is 2.75. The number of rotatable bonds is 6. The Morgan fingerprint density at radius 1 is 1.37 bits per heavy atom. The Kier molecular flexibility index (Phi) is 4.99. The average Bonchev–Trinajstić information content (AvgIpc) is 2.38.